The Morgan fingerprint density at radius 3 is 2.83 bits per heavy atom. The minimum Gasteiger partial charge on any atom is -0.482 e. The van der Waals surface area contributed by atoms with Crippen LogP contribution in [0.4, 0.5) is 5.69 Å². The molecule has 1 aromatic carbocycles. The molecule has 5 heteroatoms. The number of hydrogen-bond acceptors (Lipinski definition) is 3. The second-order valence-corrected chi connectivity index (χ2v) is 5.10. The van der Waals surface area contributed by atoms with Crippen LogP contribution in [-0.4, -0.2) is 38.7 Å². The van der Waals surface area contributed by atoms with Crippen molar-refractivity contribution in [2.45, 2.75) is 5.41 Å². The summed E-state index contributed by atoms with van der Waals surface area (Å²) >= 11 is 6.05. The van der Waals surface area contributed by atoms with Crippen LogP contribution in [0.15, 0.2) is 18.2 Å². The van der Waals surface area contributed by atoms with E-state index in [4.69, 9.17) is 21.1 Å². The molecule has 0 aliphatic carbocycles. The first kappa shape index (κ1) is 11.8. The van der Waals surface area contributed by atoms with Gasteiger partial charge in [0.15, 0.2) is 6.61 Å². The zero-order chi connectivity index (χ0) is 12.8. The van der Waals surface area contributed by atoms with Gasteiger partial charge in [-0.25, -0.2) is 0 Å². The molecular formula is C13H14ClNO3. The number of rotatable bonds is 2. The molecule has 0 unspecified atom stereocenters. The second-order valence-electron chi connectivity index (χ2n) is 4.83. The summed E-state index contributed by atoms with van der Waals surface area (Å²) in [5.41, 5.74) is 1.80. The summed E-state index contributed by atoms with van der Waals surface area (Å²) in [6.07, 6.45) is 0. The van der Waals surface area contributed by atoms with Gasteiger partial charge in [0.1, 0.15) is 5.75 Å². The molecule has 3 rings (SSSR count). The van der Waals surface area contributed by atoms with E-state index in [0.717, 1.165) is 17.0 Å². The maximum atomic E-state index is 11.6. The number of halogens is 1. The van der Waals surface area contributed by atoms with Gasteiger partial charge in [0.2, 0.25) is 0 Å². The third-order valence-electron chi connectivity index (χ3n) is 3.67. The van der Waals surface area contributed by atoms with Gasteiger partial charge < -0.3 is 14.4 Å². The summed E-state index contributed by atoms with van der Waals surface area (Å²) in [6, 6.07) is 5.89. The Balaban J connectivity index is 2.02. The predicted molar refractivity (Wildman–Crippen MR) is 68.6 cm³/mol. The van der Waals surface area contributed by atoms with Crippen molar-refractivity contribution < 1.29 is 14.3 Å². The number of ether oxygens (including phenoxy) is 2. The first-order chi connectivity index (χ1) is 8.66. The summed E-state index contributed by atoms with van der Waals surface area (Å²) in [5, 5.41) is 0. The smallest absolute Gasteiger partial charge is 0.264 e. The van der Waals surface area contributed by atoms with Crippen molar-refractivity contribution in [3.63, 3.8) is 0 Å². The largest absolute Gasteiger partial charge is 0.482 e. The first-order valence-corrected chi connectivity index (χ1v) is 6.37. The Hall–Kier alpha value is -1.26. The second kappa shape index (κ2) is 4.14. The molecule has 0 atom stereocenters. The fraction of sp³-hybridized carbons (Fsp3) is 0.462. The third kappa shape index (κ3) is 1.60. The minimum absolute atomic E-state index is 0.0376. The highest BCUT2D eigenvalue weighted by molar-refractivity contribution is 6.18. The number of amides is 1. The Labute approximate surface area is 110 Å². The molecule has 0 aromatic heterocycles. The molecule has 0 N–H and O–H groups in total. The summed E-state index contributed by atoms with van der Waals surface area (Å²) in [7, 11) is 1.76. The number of anilines is 1. The Morgan fingerprint density at radius 1 is 1.44 bits per heavy atom. The van der Waals surface area contributed by atoms with Gasteiger partial charge in [0.05, 0.1) is 24.3 Å². The van der Waals surface area contributed by atoms with Crippen LogP contribution in [0.3, 0.4) is 0 Å². The molecule has 0 radical (unpaired) electrons. The van der Waals surface area contributed by atoms with Gasteiger partial charge in [0.25, 0.3) is 5.91 Å². The standard InChI is InChI=1S/C13H14ClNO3/c1-15-10-4-9(13(6-14)7-17-8-13)2-3-11(10)18-5-12(15)16/h2-4H,5-8H2,1H3. The van der Waals surface area contributed by atoms with Crippen LogP contribution in [0.5, 0.6) is 5.75 Å². The molecule has 1 amide bonds. The summed E-state index contributed by atoms with van der Waals surface area (Å²) in [5.74, 6) is 1.22. The van der Waals surface area contributed by atoms with Crippen LogP contribution in [0, 0.1) is 0 Å². The van der Waals surface area contributed by atoms with Gasteiger partial charge >= 0.3 is 0 Å². The Kier molecular flexibility index (Phi) is 2.72. The predicted octanol–water partition coefficient (Wildman–Crippen LogP) is 1.55. The fourth-order valence-electron chi connectivity index (χ4n) is 2.27. The molecule has 4 nitrogen and oxygen atoms in total. The molecular weight excluding hydrogens is 254 g/mol. The van der Waals surface area contributed by atoms with Crippen molar-refractivity contribution in [1.82, 2.24) is 0 Å². The lowest BCUT2D eigenvalue weighted by atomic mass is 9.80. The molecule has 2 aliphatic rings. The molecule has 0 spiro atoms. The molecule has 1 fully saturated rings. The number of likely N-dealkylation sites (N-methyl/N-ethyl adjacent to an activating group) is 1. The van der Waals surface area contributed by atoms with Gasteiger partial charge in [0, 0.05) is 12.9 Å². The summed E-state index contributed by atoms with van der Waals surface area (Å²) in [4.78, 5) is 13.2. The number of carbonyl (C=O) groups is 1. The van der Waals surface area contributed by atoms with E-state index in [1.54, 1.807) is 11.9 Å². The van der Waals surface area contributed by atoms with Crippen LogP contribution < -0.4 is 9.64 Å². The van der Waals surface area contributed by atoms with E-state index >= 15 is 0 Å². The molecule has 18 heavy (non-hydrogen) atoms. The van der Waals surface area contributed by atoms with Crippen LogP contribution in [0.2, 0.25) is 0 Å². The lowest BCUT2D eigenvalue weighted by Gasteiger charge is -2.41. The fourth-order valence-corrected chi connectivity index (χ4v) is 2.58. The number of nitrogens with zero attached hydrogens (tertiary/aromatic N) is 1. The molecule has 2 heterocycles. The van der Waals surface area contributed by atoms with Gasteiger partial charge in [-0.2, -0.15) is 0 Å². The zero-order valence-electron chi connectivity index (χ0n) is 10.1. The van der Waals surface area contributed by atoms with Crippen LogP contribution >= 0.6 is 11.6 Å². The van der Waals surface area contributed by atoms with E-state index in [0.29, 0.717) is 19.1 Å². The molecule has 1 saturated heterocycles. The average molecular weight is 268 g/mol. The molecule has 0 saturated carbocycles. The maximum absolute atomic E-state index is 11.6. The van der Waals surface area contributed by atoms with Crippen molar-refractivity contribution >= 4 is 23.2 Å². The monoisotopic (exact) mass is 267 g/mol. The summed E-state index contributed by atoms with van der Waals surface area (Å²) in [6.45, 7) is 1.37. The number of fused-ring (bicyclic) bond motifs is 1. The van der Waals surface area contributed by atoms with E-state index in [2.05, 4.69) is 0 Å². The van der Waals surface area contributed by atoms with E-state index in [-0.39, 0.29) is 17.9 Å². The van der Waals surface area contributed by atoms with Crippen LogP contribution in [0.25, 0.3) is 0 Å². The normalized spacial score (nSPS) is 21.0. The molecule has 1 aromatic rings. The highest BCUT2D eigenvalue weighted by atomic mass is 35.5. The topological polar surface area (TPSA) is 38.8 Å². The first-order valence-electron chi connectivity index (χ1n) is 5.84. The minimum atomic E-state index is -0.113. The SMILES string of the molecule is CN1C(=O)COc2ccc(C3(CCl)COC3)cc21. The van der Waals surface area contributed by atoms with E-state index in [1.165, 1.54) is 0 Å². The van der Waals surface area contributed by atoms with Crippen molar-refractivity contribution in [3.8, 4) is 5.75 Å². The van der Waals surface area contributed by atoms with Crippen LogP contribution in [-0.2, 0) is 14.9 Å². The van der Waals surface area contributed by atoms with Crippen molar-refractivity contribution in [1.29, 1.82) is 0 Å². The number of benzene rings is 1. The quantitative estimate of drug-likeness (QED) is 0.763. The van der Waals surface area contributed by atoms with E-state index in [1.807, 2.05) is 18.2 Å². The van der Waals surface area contributed by atoms with E-state index in [9.17, 15) is 4.79 Å². The van der Waals surface area contributed by atoms with Gasteiger partial charge in [-0.15, -0.1) is 11.6 Å². The van der Waals surface area contributed by atoms with Gasteiger partial charge in [-0.1, -0.05) is 6.07 Å². The maximum Gasteiger partial charge on any atom is 0.264 e. The van der Waals surface area contributed by atoms with Gasteiger partial charge in [-0.3, -0.25) is 4.79 Å². The highest BCUT2D eigenvalue weighted by Gasteiger charge is 2.40. The molecule has 0 bridgehead atoms. The third-order valence-corrected chi connectivity index (χ3v) is 4.18. The lowest BCUT2D eigenvalue weighted by Crippen LogP contribution is -2.48. The van der Waals surface area contributed by atoms with Crippen molar-refractivity contribution in [2.24, 2.45) is 0 Å². The van der Waals surface area contributed by atoms with Gasteiger partial charge in [-0.05, 0) is 17.7 Å². The molecule has 96 valence electrons. The van der Waals surface area contributed by atoms with Crippen molar-refractivity contribution in [2.75, 3.05) is 37.6 Å². The summed E-state index contributed by atoms with van der Waals surface area (Å²) < 4.78 is 10.7. The highest BCUT2D eigenvalue weighted by Crippen LogP contribution is 2.39. The number of carbonyl (C=O) groups excluding carboxylic acids is 1. The Morgan fingerprint density at radius 2 is 2.22 bits per heavy atom. The average Bonchev–Trinajstić information content (AvgIpc) is 2.34. The number of alkyl halides is 1. The van der Waals surface area contributed by atoms with Crippen LogP contribution in [0.1, 0.15) is 5.56 Å². The Bertz CT molecular complexity index is 493. The molecule has 2 aliphatic heterocycles. The van der Waals surface area contributed by atoms with E-state index < -0.39 is 0 Å². The van der Waals surface area contributed by atoms with Crippen molar-refractivity contribution in [3.05, 3.63) is 23.8 Å². The lowest BCUT2D eigenvalue weighted by molar-refractivity contribution is -0.120. The number of hydrogen-bond donors (Lipinski definition) is 0. The zero-order valence-corrected chi connectivity index (χ0v) is 10.9.